The standard InChI is InChI=1S/C18H17FN4O3S/c1-11-20-17(26-22-11)15-9-25-6-5-23(15)16(24)8-14-10-27-18(21-14)12-3-2-4-13(19)7-12/h2-4,7,10,15H,5-6,8-9H2,1H3. The zero-order valence-electron chi connectivity index (χ0n) is 14.6. The summed E-state index contributed by atoms with van der Waals surface area (Å²) < 4.78 is 24.1. The lowest BCUT2D eigenvalue weighted by Gasteiger charge is -2.33. The average molecular weight is 388 g/mol. The third-order valence-corrected chi connectivity index (χ3v) is 5.17. The van der Waals surface area contributed by atoms with Gasteiger partial charge in [0.2, 0.25) is 5.91 Å². The second kappa shape index (κ2) is 7.53. The molecule has 4 rings (SSSR count). The van der Waals surface area contributed by atoms with Gasteiger partial charge in [0.05, 0.1) is 25.3 Å². The number of thiazole rings is 1. The maximum Gasteiger partial charge on any atom is 0.251 e. The second-order valence-electron chi connectivity index (χ2n) is 6.19. The van der Waals surface area contributed by atoms with Crippen LogP contribution in [0.1, 0.15) is 23.5 Å². The summed E-state index contributed by atoms with van der Waals surface area (Å²) in [7, 11) is 0. The van der Waals surface area contributed by atoms with Crippen LogP contribution in [0, 0.1) is 12.7 Å². The molecule has 9 heteroatoms. The van der Waals surface area contributed by atoms with Crippen molar-refractivity contribution in [3.63, 3.8) is 0 Å². The second-order valence-corrected chi connectivity index (χ2v) is 7.05. The Morgan fingerprint density at radius 2 is 2.30 bits per heavy atom. The van der Waals surface area contributed by atoms with Crippen LogP contribution in [0.3, 0.4) is 0 Å². The molecular weight excluding hydrogens is 371 g/mol. The number of amides is 1. The number of ether oxygens (including phenoxy) is 1. The first-order valence-corrected chi connectivity index (χ1v) is 9.36. The van der Waals surface area contributed by atoms with Crippen molar-refractivity contribution in [2.75, 3.05) is 19.8 Å². The van der Waals surface area contributed by atoms with Crippen molar-refractivity contribution in [1.29, 1.82) is 0 Å². The average Bonchev–Trinajstić information content (AvgIpc) is 3.31. The Labute approximate surface area is 158 Å². The van der Waals surface area contributed by atoms with Crippen molar-refractivity contribution >= 4 is 17.2 Å². The molecule has 27 heavy (non-hydrogen) atoms. The fraction of sp³-hybridized carbons (Fsp3) is 0.333. The summed E-state index contributed by atoms with van der Waals surface area (Å²) in [5.41, 5.74) is 1.35. The fourth-order valence-electron chi connectivity index (χ4n) is 2.95. The Kier molecular flexibility index (Phi) is 4.95. The topological polar surface area (TPSA) is 81.4 Å². The lowest BCUT2D eigenvalue weighted by Crippen LogP contribution is -2.44. The van der Waals surface area contributed by atoms with E-state index in [-0.39, 0.29) is 18.1 Å². The van der Waals surface area contributed by atoms with Gasteiger partial charge >= 0.3 is 0 Å². The quantitative estimate of drug-likeness (QED) is 0.684. The van der Waals surface area contributed by atoms with Gasteiger partial charge in [-0.05, 0) is 19.1 Å². The zero-order chi connectivity index (χ0) is 18.8. The number of aromatic nitrogens is 3. The Morgan fingerprint density at radius 1 is 1.41 bits per heavy atom. The predicted molar refractivity (Wildman–Crippen MR) is 95.5 cm³/mol. The van der Waals surface area contributed by atoms with Gasteiger partial charge < -0.3 is 14.2 Å². The molecule has 1 amide bonds. The predicted octanol–water partition coefficient (Wildman–Crippen LogP) is 2.78. The van der Waals surface area contributed by atoms with Crippen molar-refractivity contribution < 1.29 is 18.4 Å². The van der Waals surface area contributed by atoms with Crippen LogP contribution in [-0.4, -0.2) is 45.7 Å². The van der Waals surface area contributed by atoms with Crippen LogP contribution in [0.4, 0.5) is 4.39 Å². The molecule has 0 saturated carbocycles. The van der Waals surface area contributed by atoms with E-state index in [0.717, 1.165) is 0 Å². The maximum atomic E-state index is 13.4. The number of halogens is 1. The highest BCUT2D eigenvalue weighted by molar-refractivity contribution is 7.13. The Morgan fingerprint density at radius 3 is 3.07 bits per heavy atom. The van der Waals surface area contributed by atoms with Crippen LogP contribution >= 0.6 is 11.3 Å². The maximum absolute atomic E-state index is 13.4. The molecule has 1 saturated heterocycles. The summed E-state index contributed by atoms with van der Waals surface area (Å²) in [5, 5.41) is 6.30. The highest BCUT2D eigenvalue weighted by atomic mass is 32.1. The Bertz CT molecular complexity index is 957. The monoisotopic (exact) mass is 388 g/mol. The van der Waals surface area contributed by atoms with Gasteiger partial charge in [0.25, 0.3) is 5.89 Å². The van der Waals surface area contributed by atoms with E-state index >= 15 is 0 Å². The van der Waals surface area contributed by atoms with E-state index in [1.54, 1.807) is 24.0 Å². The lowest BCUT2D eigenvalue weighted by molar-refractivity contribution is -0.140. The van der Waals surface area contributed by atoms with Gasteiger partial charge in [-0.15, -0.1) is 11.3 Å². The van der Waals surface area contributed by atoms with Crippen LogP contribution in [0.15, 0.2) is 34.2 Å². The van der Waals surface area contributed by atoms with Crippen molar-refractivity contribution in [3.8, 4) is 10.6 Å². The number of hydrogen-bond donors (Lipinski definition) is 0. The summed E-state index contributed by atoms with van der Waals surface area (Å²) in [5.74, 6) is 0.489. The van der Waals surface area contributed by atoms with E-state index in [1.807, 2.05) is 5.38 Å². The van der Waals surface area contributed by atoms with Crippen molar-refractivity contribution in [2.24, 2.45) is 0 Å². The molecule has 0 radical (unpaired) electrons. The summed E-state index contributed by atoms with van der Waals surface area (Å²) in [4.78, 5) is 23.2. The highest BCUT2D eigenvalue weighted by Gasteiger charge is 2.32. The van der Waals surface area contributed by atoms with Crippen LogP contribution in [0.5, 0.6) is 0 Å². The minimum Gasteiger partial charge on any atom is -0.377 e. The van der Waals surface area contributed by atoms with E-state index in [4.69, 9.17) is 9.26 Å². The summed E-state index contributed by atoms with van der Waals surface area (Å²) in [6.45, 7) is 2.96. The van der Waals surface area contributed by atoms with Gasteiger partial charge in [0.15, 0.2) is 5.82 Å². The Balaban J connectivity index is 1.49. The number of hydrogen-bond acceptors (Lipinski definition) is 7. The van der Waals surface area contributed by atoms with Crippen LogP contribution in [0.25, 0.3) is 10.6 Å². The molecule has 140 valence electrons. The minimum absolute atomic E-state index is 0.0877. The van der Waals surface area contributed by atoms with Crippen molar-refractivity contribution in [2.45, 2.75) is 19.4 Å². The molecule has 0 N–H and O–H groups in total. The van der Waals surface area contributed by atoms with Crippen LogP contribution in [-0.2, 0) is 16.0 Å². The molecule has 1 aliphatic heterocycles. The molecular formula is C18H17FN4O3S. The van der Waals surface area contributed by atoms with Crippen LogP contribution in [0.2, 0.25) is 0 Å². The third-order valence-electron chi connectivity index (χ3n) is 4.23. The van der Waals surface area contributed by atoms with Gasteiger partial charge in [-0.3, -0.25) is 4.79 Å². The number of rotatable bonds is 4. The van der Waals surface area contributed by atoms with E-state index in [2.05, 4.69) is 15.1 Å². The van der Waals surface area contributed by atoms with Crippen molar-refractivity contribution in [3.05, 3.63) is 52.9 Å². The molecule has 3 aromatic rings. The number of carbonyl (C=O) groups is 1. The van der Waals surface area contributed by atoms with E-state index in [1.165, 1.54) is 23.5 Å². The molecule has 1 atom stereocenters. The SMILES string of the molecule is Cc1noc(C2COCCN2C(=O)Cc2csc(-c3cccc(F)c3)n2)n1. The number of carbonyl (C=O) groups excluding carboxylic acids is 1. The Hall–Kier alpha value is -2.65. The van der Waals surface area contributed by atoms with Gasteiger partial charge in [-0.25, -0.2) is 9.37 Å². The summed E-state index contributed by atoms with van der Waals surface area (Å²) in [6.07, 6.45) is 0.148. The summed E-state index contributed by atoms with van der Waals surface area (Å²) >= 11 is 1.39. The molecule has 7 nitrogen and oxygen atoms in total. The van der Waals surface area contributed by atoms with Gasteiger partial charge in [0.1, 0.15) is 16.9 Å². The first-order chi connectivity index (χ1) is 13.1. The fourth-order valence-corrected chi connectivity index (χ4v) is 3.77. The smallest absolute Gasteiger partial charge is 0.251 e. The molecule has 0 spiro atoms. The van der Waals surface area contributed by atoms with Gasteiger partial charge in [0, 0.05) is 17.5 Å². The molecule has 0 aliphatic carbocycles. The number of aryl methyl sites for hydroxylation is 1. The zero-order valence-corrected chi connectivity index (χ0v) is 15.4. The lowest BCUT2D eigenvalue weighted by atomic mass is 10.2. The molecule has 0 bridgehead atoms. The van der Waals surface area contributed by atoms with E-state index in [9.17, 15) is 9.18 Å². The molecule has 1 aliphatic rings. The number of benzene rings is 1. The van der Waals surface area contributed by atoms with Gasteiger partial charge in [-0.2, -0.15) is 4.98 Å². The van der Waals surface area contributed by atoms with Crippen molar-refractivity contribution in [1.82, 2.24) is 20.0 Å². The number of nitrogens with zero attached hydrogens (tertiary/aromatic N) is 4. The van der Waals surface area contributed by atoms with E-state index < -0.39 is 6.04 Å². The number of morpholine rings is 1. The minimum atomic E-state index is -0.395. The first-order valence-electron chi connectivity index (χ1n) is 8.48. The summed E-state index contributed by atoms with van der Waals surface area (Å²) in [6, 6.07) is 5.86. The van der Waals surface area contributed by atoms with E-state index in [0.29, 0.717) is 47.7 Å². The highest BCUT2D eigenvalue weighted by Crippen LogP contribution is 2.27. The molecule has 3 heterocycles. The normalized spacial score (nSPS) is 17.3. The van der Waals surface area contributed by atoms with Gasteiger partial charge in [-0.1, -0.05) is 17.3 Å². The molecule has 1 unspecified atom stereocenters. The molecule has 2 aromatic heterocycles. The molecule has 1 aromatic carbocycles. The first kappa shape index (κ1) is 17.7. The largest absolute Gasteiger partial charge is 0.377 e. The van der Waals surface area contributed by atoms with Crippen LogP contribution < -0.4 is 0 Å². The molecule has 1 fully saturated rings. The third kappa shape index (κ3) is 3.88.